The van der Waals surface area contributed by atoms with Crippen LogP contribution in [0.15, 0.2) is 22.8 Å². The van der Waals surface area contributed by atoms with E-state index in [4.69, 9.17) is 0 Å². The van der Waals surface area contributed by atoms with Crippen LogP contribution >= 0.6 is 27.7 Å². The molecule has 1 heterocycles. The number of thioether (sulfide) groups is 1. The van der Waals surface area contributed by atoms with Gasteiger partial charge in [0.25, 0.3) is 0 Å². The zero-order valence-electron chi connectivity index (χ0n) is 9.87. The first kappa shape index (κ1) is 14.0. The van der Waals surface area contributed by atoms with Gasteiger partial charge in [-0.25, -0.2) is 0 Å². The Morgan fingerprint density at radius 2 is 2.25 bits per heavy atom. The summed E-state index contributed by atoms with van der Waals surface area (Å²) in [5, 5.41) is 3.51. The molecule has 1 rings (SSSR count). The number of hydrogen-bond donors (Lipinski definition) is 1. The fraction of sp³-hybridized carbons (Fsp3) is 0.583. The lowest BCUT2D eigenvalue weighted by Gasteiger charge is -2.16. The van der Waals surface area contributed by atoms with Crippen LogP contribution in [0.25, 0.3) is 0 Å². The number of rotatable bonds is 7. The molecule has 0 saturated carbocycles. The smallest absolute Gasteiger partial charge is 0.0420 e. The third kappa shape index (κ3) is 5.32. The normalized spacial score (nSPS) is 12.7. The molecule has 0 aliphatic rings. The zero-order chi connectivity index (χ0) is 11.8. The van der Waals surface area contributed by atoms with Gasteiger partial charge in [0.2, 0.25) is 0 Å². The molecule has 2 nitrogen and oxygen atoms in total. The van der Waals surface area contributed by atoms with Gasteiger partial charge < -0.3 is 5.32 Å². The number of likely N-dealkylation sites (N-methyl/N-ethyl adjacent to an activating group) is 1. The minimum Gasteiger partial charge on any atom is -0.313 e. The maximum Gasteiger partial charge on any atom is 0.0420 e. The summed E-state index contributed by atoms with van der Waals surface area (Å²) in [5.41, 5.74) is 1.16. The third-order valence-corrected chi connectivity index (χ3v) is 3.78. The van der Waals surface area contributed by atoms with Crippen LogP contribution in [0, 0.1) is 0 Å². The summed E-state index contributed by atoms with van der Waals surface area (Å²) in [4.78, 5) is 4.41. The van der Waals surface area contributed by atoms with Crippen molar-refractivity contribution in [1.29, 1.82) is 0 Å². The molecule has 90 valence electrons. The van der Waals surface area contributed by atoms with Crippen LogP contribution in [0.1, 0.15) is 19.5 Å². The predicted molar refractivity (Wildman–Crippen MR) is 76.1 cm³/mol. The summed E-state index contributed by atoms with van der Waals surface area (Å²) in [6, 6.07) is 4.67. The SMILES string of the molecule is CCNC(CSCC)Cc1ccc(Br)cn1. The van der Waals surface area contributed by atoms with Crippen molar-refractivity contribution in [3.8, 4) is 0 Å². The lowest BCUT2D eigenvalue weighted by atomic mass is 10.1. The molecular weight excluding hydrogens is 284 g/mol. The van der Waals surface area contributed by atoms with Crippen LogP contribution in [0.2, 0.25) is 0 Å². The molecule has 0 amide bonds. The monoisotopic (exact) mass is 302 g/mol. The van der Waals surface area contributed by atoms with Gasteiger partial charge in [0.05, 0.1) is 0 Å². The van der Waals surface area contributed by atoms with Crippen molar-refractivity contribution in [1.82, 2.24) is 10.3 Å². The van der Waals surface area contributed by atoms with E-state index < -0.39 is 0 Å². The maximum absolute atomic E-state index is 4.41. The van der Waals surface area contributed by atoms with Crippen molar-refractivity contribution >= 4 is 27.7 Å². The summed E-state index contributed by atoms with van der Waals surface area (Å²) in [6.45, 7) is 5.37. The van der Waals surface area contributed by atoms with Crippen molar-refractivity contribution in [2.45, 2.75) is 26.3 Å². The summed E-state index contributed by atoms with van der Waals surface area (Å²) in [7, 11) is 0. The Labute approximate surface area is 111 Å². The van der Waals surface area contributed by atoms with Crippen molar-refractivity contribution in [2.24, 2.45) is 0 Å². The topological polar surface area (TPSA) is 24.9 Å². The van der Waals surface area contributed by atoms with E-state index in [1.54, 1.807) is 0 Å². The van der Waals surface area contributed by atoms with Gasteiger partial charge in [0, 0.05) is 34.6 Å². The quantitative estimate of drug-likeness (QED) is 0.838. The fourth-order valence-corrected chi connectivity index (χ4v) is 2.51. The molecule has 1 aromatic rings. The highest BCUT2D eigenvalue weighted by molar-refractivity contribution is 9.10. The summed E-state index contributed by atoms with van der Waals surface area (Å²) in [6.07, 6.45) is 2.87. The van der Waals surface area contributed by atoms with Crippen LogP contribution in [0.4, 0.5) is 0 Å². The van der Waals surface area contributed by atoms with Crippen LogP contribution < -0.4 is 5.32 Å². The highest BCUT2D eigenvalue weighted by Crippen LogP contribution is 2.11. The molecule has 0 spiro atoms. The first-order chi connectivity index (χ1) is 7.76. The third-order valence-electron chi connectivity index (χ3n) is 2.26. The first-order valence-corrected chi connectivity index (χ1v) is 7.62. The number of pyridine rings is 1. The van der Waals surface area contributed by atoms with E-state index in [2.05, 4.69) is 52.2 Å². The average Bonchev–Trinajstić information content (AvgIpc) is 2.29. The first-order valence-electron chi connectivity index (χ1n) is 5.67. The van der Waals surface area contributed by atoms with Crippen molar-refractivity contribution in [2.75, 3.05) is 18.1 Å². The fourth-order valence-electron chi connectivity index (χ4n) is 1.52. The molecule has 16 heavy (non-hydrogen) atoms. The van der Waals surface area contributed by atoms with E-state index in [-0.39, 0.29) is 0 Å². The number of halogens is 1. The Morgan fingerprint density at radius 1 is 1.44 bits per heavy atom. The largest absolute Gasteiger partial charge is 0.313 e. The minimum atomic E-state index is 0.531. The average molecular weight is 303 g/mol. The molecule has 1 aromatic heterocycles. The van der Waals surface area contributed by atoms with Gasteiger partial charge in [-0.1, -0.05) is 13.8 Å². The van der Waals surface area contributed by atoms with Crippen LogP contribution in [0.3, 0.4) is 0 Å². The van der Waals surface area contributed by atoms with E-state index in [0.29, 0.717) is 6.04 Å². The molecule has 0 bridgehead atoms. The molecule has 0 aliphatic heterocycles. The highest BCUT2D eigenvalue weighted by atomic mass is 79.9. The van der Waals surface area contributed by atoms with Gasteiger partial charge in [0.1, 0.15) is 0 Å². The molecule has 0 fully saturated rings. The van der Waals surface area contributed by atoms with Gasteiger partial charge >= 0.3 is 0 Å². The number of hydrogen-bond acceptors (Lipinski definition) is 3. The van der Waals surface area contributed by atoms with Crippen LogP contribution in [0.5, 0.6) is 0 Å². The highest BCUT2D eigenvalue weighted by Gasteiger charge is 2.08. The second kappa shape index (κ2) is 8.09. The van der Waals surface area contributed by atoms with Gasteiger partial charge in [-0.2, -0.15) is 11.8 Å². The second-order valence-electron chi connectivity index (χ2n) is 3.59. The molecule has 0 radical (unpaired) electrons. The Bertz CT molecular complexity index is 290. The molecule has 1 unspecified atom stereocenters. The summed E-state index contributed by atoms with van der Waals surface area (Å²) < 4.78 is 1.04. The predicted octanol–water partition coefficient (Wildman–Crippen LogP) is 3.12. The molecule has 0 aromatic carbocycles. The summed E-state index contributed by atoms with van der Waals surface area (Å²) in [5.74, 6) is 2.33. The Hall–Kier alpha value is -0.0600. The number of aromatic nitrogens is 1. The van der Waals surface area contributed by atoms with E-state index in [0.717, 1.165) is 28.9 Å². The van der Waals surface area contributed by atoms with E-state index in [9.17, 15) is 0 Å². The zero-order valence-corrected chi connectivity index (χ0v) is 12.3. The van der Waals surface area contributed by atoms with Gasteiger partial charge in [-0.15, -0.1) is 0 Å². The molecule has 0 saturated heterocycles. The molecule has 1 atom stereocenters. The Morgan fingerprint density at radius 3 is 2.81 bits per heavy atom. The van der Waals surface area contributed by atoms with E-state index in [1.165, 1.54) is 5.75 Å². The van der Waals surface area contributed by atoms with Gasteiger partial charge in [0.15, 0.2) is 0 Å². The molecule has 0 aliphatic carbocycles. The lowest BCUT2D eigenvalue weighted by molar-refractivity contribution is 0.566. The number of nitrogens with one attached hydrogen (secondary N) is 1. The second-order valence-corrected chi connectivity index (χ2v) is 5.82. The van der Waals surface area contributed by atoms with E-state index in [1.807, 2.05) is 18.0 Å². The van der Waals surface area contributed by atoms with E-state index >= 15 is 0 Å². The van der Waals surface area contributed by atoms with Gasteiger partial charge in [-0.05, 0) is 40.4 Å². The maximum atomic E-state index is 4.41. The van der Waals surface area contributed by atoms with Crippen molar-refractivity contribution < 1.29 is 0 Å². The van der Waals surface area contributed by atoms with Crippen LogP contribution in [-0.4, -0.2) is 29.1 Å². The molecule has 4 heteroatoms. The van der Waals surface area contributed by atoms with Gasteiger partial charge in [-0.3, -0.25) is 4.98 Å². The minimum absolute atomic E-state index is 0.531. The molecular formula is C12H19BrN2S. The summed E-state index contributed by atoms with van der Waals surface area (Å²) >= 11 is 5.38. The van der Waals surface area contributed by atoms with Crippen LogP contribution in [-0.2, 0) is 6.42 Å². The number of nitrogens with zero attached hydrogens (tertiary/aromatic N) is 1. The lowest BCUT2D eigenvalue weighted by Crippen LogP contribution is -2.33. The van der Waals surface area contributed by atoms with Crippen molar-refractivity contribution in [3.63, 3.8) is 0 Å². The Kier molecular flexibility index (Phi) is 7.08. The standard InChI is InChI=1S/C12H19BrN2S/c1-3-14-12(9-16-4-2)7-11-6-5-10(13)8-15-11/h5-6,8,12,14H,3-4,7,9H2,1-2H3. The Balaban J connectivity index is 2.49. The van der Waals surface area contributed by atoms with Crippen molar-refractivity contribution in [3.05, 3.63) is 28.5 Å². The molecule has 1 N–H and O–H groups in total.